The van der Waals surface area contributed by atoms with Crippen molar-refractivity contribution in [3.63, 3.8) is 0 Å². The summed E-state index contributed by atoms with van der Waals surface area (Å²) < 4.78 is 19.5. The summed E-state index contributed by atoms with van der Waals surface area (Å²) in [7, 11) is 0. The lowest BCUT2D eigenvalue weighted by Gasteiger charge is -2.26. The van der Waals surface area contributed by atoms with Gasteiger partial charge in [-0.15, -0.1) is 0 Å². The van der Waals surface area contributed by atoms with Gasteiger partial charge in [0.25, 0.3) is 11.7 Å². The van der Waals surface area contributed by atoms with E-state index in [4.69, 9.17) is 4.74 Å². The second-order valence-corrected chi connectivity index (χ2v) is 8.77. The molecule has 1 atom stereocenters. The molecular formula is C31H24FNO4. The van der Waals surface area contributed by atoms with Gasteiger partial charge in [0.15, 0.2) is 0 Å². The minimum Gasteiger partial charge on any atom is -0.507 e. The molecule has 4 aromatic rings. The predicted octanol–water partition coefficient (Wildman–Crippen LogP) is 6.03. The number of amides is 1. The molecule has 0 spiro atoms. The number of ketones is 1. The lowest BCUT2D eigenvalue weighted by atomic mass is 9.95. The summed E-state index contributed by atoms with van der Waals surface area (Å²) in [5, 5.41) is 11.2. The molecule has 1 aliphatic rings. The maximum Gasteiger partial charge on any atom is 0.295 e. The first-order valence-corrected chi connectivity index (χ1v) is 11.9. The predicted molar refractivity (Wildman–Crippen MR) is 138 cm³/mol. The number of halogens is 1. The third-order valence-corrected chi connectivity index (χ3v) is 6.28. The summed E-state index contributed by atoms with van der Waals surface area (Å²) in [6.07, 6.45) is 0. The van der Waals surface area contributed by atoms with Crippen LogP contribution < -0.4 is 4.74 Å². The van der Waals surface area contributed by atoms with Crippen LogP contribution in [0.25, 0.3) is 5.76 Å². The molecule has 0 bridgehead atoms. The Kier molecular flexibility index (Phi) is 6.81. The van der Waals surface area contributed by atoms with E-state index in [1.54, 1.807) is 24.3 Å². The number of carbonyl (C=O) groups is 2. The fourth-order valence-electron chi connectivity index (χ4n) is 4.45. The van der Waals surface area contributed by atoms with Gasteiger partial charge in [-0.1, -0.05) is 72.8 Å². The molecule has 0 aliphatic carbocycles. The highest BCUT2D eigenvalue weighted by Gasteiger charge is 2.46. The maximum atomic E-state index is 13.5. The van der Waals surface area contributed by atoms with Gasteiger partial charge in [-0.05, 0) is 53.1 Å². The number of ether oxygens (including phenoxy) is 1. The highest BCUT2D eigenvalue weighted by Crippen LogP contribution is 2.41. The van der Waals surface area contributed by atoms with Crippen LogP contribution >= 0.6 is 0 Å². The van der Waals surface area contributed by atoms with Gasteiger partial charge < -0.3 is 14.7 Å². The zero-order chi connectivity index (χ0) is 25.8. The van der Waals surface area contributed by atoms with Crippen molar-refractivity contribution in [3.8, 4) is 5.75 Å². The smallest absolute Gasteiger partial charge is 0.295 e. The van der Waals surface area contributed by atoms with Crippen molar-refractivity contribution in [1.29, 1.82) is 0 Å². The Morgan fingerprint density at radius 2 is 1.46 bits per heavy atom. The number of rotatable bonds is 7. The number of aliphatic hydroxyl groups is 1. The summed E-state index contributed by atoms with van der Waals surface area (Å²) in [5.74, 6) is -1.77. The van der Waals surface area contributed by atoms with Crippen LogP contribution in [0.2, 0.25) is 0 Å². The Morgan fingerprint density at radius 3 is 2.14 bits per heavy atom. The van der Waals surface area contributed by atoms with Crippen molar-refractivity contribution >= 4 is 17.4 Å². The number of nitrogens with zero attached hydrogens (tertiary/aromatic N) is 1. The summed E-state index contributed by atoms with van der Waals surface area (Å²) in [6.45, 7) is 0.523. The van der Waals surface area contributed by atoms with Crippen molar-refractivity contribution in [1.82, 2.24) is 4.90 Å². The zero-order valence-electron chi connectivity index (χ0n) is 19.9. The lowest BCUT2D eigenvalue weighted by Crippen LogP contribution is -2.29. The molecule has 1 N–H and O–H groups in total. The average molecular weight is 494 g/mol. The third kappa shape index (κ3) is 5.14. The van der Waals surface area contributed by atoms with E-state index in [-0.39, 0.29) is 23.4 Å². The molecule has 1 heterocycles. The van der Waals surface area contributed by atoms with Crippen LogP contribution in [-0.4, -0.2) is 21.7 Å². The normalized spacial score (nSPS) is 16.7. The van der Waals surface area contributed by atoms with E-state index in [2.05, 4.69) is 0 Å². The number of Topliss-reactive ketones (excluding diaryl/α,β-unsaturated/α-hetero) is 1. The molecule has 5 rings (SSSR count). The van der Waals surface area contributed by atoms with Crippen molar-refractivity contribution < 1.29 is 23.8 Å². The van der Waals surface area contributed by atoms with Gasteiger partial charge in [0.1, 0.15) is 23.9 Å². The fraction of sp³-hybridized carbons (Fsp3) is 0.0968. The van der Waals surface area contributed by atoms with Gasteiger partial charge >= 0.3 is 0 Å². The Bertz CT molecular complexity index is 1450. The van der Waals surface area contributed by atoms with Crippen molar-refractivity contribution in [3.05, 3.63) is 143 Å². The van der Waals surface area contributed by atoms with Crippen LogP contribution in [0.1, 0.15) is 28.3 Å². The van der Waals surface area contributed by atoms with Crippen LogP contribution in [0, 0.1) is 5.82 Å². The van der Waals surface area contributed by atoms with E-state index < -0.39 is 23.5 Å². The van der Waals surface area contributed by atoms with E-state index in [9.17, 15) is 19.1 Å². The zero-order valence-corrected chi connectivity index (χ0v) is 19.9. The van der Waals surface area contributed by atoms with Crippen molar-refractivity contribution in [2.45, 2.75) is 19.2 Å². The summed E-state index contributed by atoms with van der Waals surface area (Å²) in [4.78, 5) is 27.9. The molecule has 4 aromatic carbocycles. The first kappa shape index (κ1) is 24.0. The average Bonchev–Trinajstić information content (AvgIpc) is 3.18. The van der Waals surface area contributed by atoms with Crippen LogP contribution in [0.4, 0.5) is 4.39 Å². The number of carbonyl (C=O) groups excluding carboxylic acids is 2. The quantitative estimate of drug-likeness (QED) is 0.194. The first-order chi connectivity index (χ1) is 18.0. The minimum absolute atomic E-state index is 0.0484. The Hall–Kier alpha value is -4.71. The molecule has 1 amide bonds. The number of hydrogen-bond donors (Lipinski definition) is 1. The molecule has 1 fully saturated rings. The molecule has 5 nitrogen and oxygen atoms in total. The SMILES string of the molecule is O=C1C(=O)N(Cc2ccccc2)C(c2cccc(OCc3ccccc3)c2)/C1=C(\O)c1ccc(F)cc1. The van der Waals surface area contributed by atoms with E-state index in [1.165, 1.54) is 29.2 Å². The lowest BCUT2D eigenvalue weighted by molar-refractivity contribution is -0.140. The van der Waals surface area contributed by atoms with E-state index >= 15 is 0 Å². The summed E-state index contributed by atoms with van der Waals surface area (Å²) in [5.41, 5.74) is 2.66. The molecule has 6 heteroatoms. The van der Waals surface area contributed by atoms with Gasteiger partial charge in [-0.25, -0.2) is 4.39 Å². The Labute approximate surface area is 214 Å². The largest absolute Gasteiger partial charge is 0.507 e. The van der Waals surface area contributed by atoms with Crippen LogP contribution in [-0.2, 0) is 22.7 Å². The molecule has 1 unspecified atom stereocenters. The Balaban J connectivity index is 1.56. The van der Waals surface area contributed by atoms with E-state index in [1.807, 2.05) is 60.7 Å². The number of benzene rings is 4. The van der Waals surface area contributed by atoms with Gasteiger partial charge in [0.2, 0.25) is 0 Å². The number of likely N-dealkylation sites (tertiary alicyclic amines) is 1. The van der Waals surface area contributed by atoms with Crippen molar-refractivity contribution in [2.75, 3.05) is 0 Å². The van der Waals surface area contributed by atoms with Gasteiger partial charge in [-0.3, -0.25) is 9.59 Å². The Morgan fingerprint density at radius 1 is 0.811 bits per heavy atom. The topological polar surface area (TPSA) is 66.8 Å². The second kappa shape index (κ2) is 10.5. The maximum absolute atomic E-state index is 13.5. The summed E-state index contributed by atoms with van der Waals surface area (Å²) >= 11 is 0. The number of aliphatic hydroxyl groups excluding tert-OH is 1. The molecular weight excluding hydrogens is 469 g/mol. The molecule has 37 heavy (non-hydrogen) atoms. The van der Waals surface area contributed by atoms with E-state index in [0.29, 0.717) is 17.9 Å². The fourth-order valence-corrected chi connectivity index (χ4v) is 4.45. The van der Waals surface area contributed by atoms with Crippen LogP contribution in [0.5, 0.6) is 5.75 Å². The minimum atomic E-state index is -0.856. The van der Waals surface area contributed by atoms with Crippen molar-refractivity contribution in [2.24, 2.45) is 0 Å². The molecule has 0 radical (unpaired) electrons. The molecule has 1 saturated heterocycles. The van der Waals surface area contributed by atoms with Gasteiger partial charge in [0.05, 0.1) is 11.6 Å². The molecule has 0 saturated carbocycles. The highest BCUT2D eigenvalue weighted by atomic mass is 19.1. The molecule has 184 valence electrons. The highest BCUT2D eigenvalue weighted by molar-refractivity contribution is 6.46. The monoisotopic (exact) mass is 493 g/mol. The third-order valence-electron chi connectivity index (χ3n) is 6.28. The number of hydrogen-bond acceptors (Lipinski definition) is 4. The second-order valence-electron chi connectivity index (χ2n) is 8.77. The standard InChI is InChI=1S/C31H24FNO4/c32-25-16-14-23(15-17-25)29(34)27-28(33(31(36)30(27)35)19-21-8-3-1-4-9-21)24-12-7-13-26(18-24)37-20-22-10-5-2-6-11-22/h1-18,28,34H,19-20H2/b29-27+. The first-order valence-electron chi connectivity index (χ1n) is 11.9. The van der Waals surface area contributed by atoms with Crippen LogP contribution in [0.3, 0.4) is 0 Å². The summed E-state index contributed by atoms with van der Waals surface area (Å²) in [6, 6.07) is 30.5. The van der Waals surface area contributed by atoms with Gasteiger partial charge in [0, 0.05) is 12.1 Å². The van der Waals surface area contributed by atoms with E-state index in [0.717, 1.165) is 11.1 Å². The molecule has 1 aliphatic heterocycles. The van der Waals surface area contributed by atoms with Gasteiger partial charge in [-0.2, -0.15) is 0 Å². The molecule has 0 aromatic heterocycles. The van der Waals surface area contributed by atoms with Crippen LogP contribution in [0.15, 0.2) is 115 Å².